The number of benzene rings is 1. The van der Waals surface area contributed by atoms with Crippen molar-refractivity contribution in [3.05, 3.63) is 24.3 Å². The van der Waals surface area contributed by atoms with Crippen LogP contribution < -0.4 is 15.5 Å². The predicted molar refractivity (Wildman–Crippen MR) is 86.0 cm³/mol. The molecular formula is C15H22N3O4S+. The smallest absolute Gasteiger partial charge is 0.279 e. The lowest BCUT2D eigenvalue weighted by molar-refractivity contribution is -0.862. The van der Waals surface area contributed by atoms with Crippen LogP contribution in [0.5, 0.6) is 0 Å². The Hall–Kier alpha value is -1.93. The maximum Gasteiger partial charge on any atom is 0.279 e. The molecular weight excluding hydrogens is 318 g/mol. The predicted octanol–water partition coefficient (Wildman–Crippen LogP) is -1.18. The number of anilines is 1. The molecule has 0 radical (unpaired) electrons. The fourth-order valence-electron chi connectivity index (χ4n) is 2.20. The van der Waals surface area contributed by atoms with Crippen LogP contribution in [-0.4, -0.2) is 52.7 Å². The third-order valence-electron chi connectivity index (χ3n) is 3.43. The lowest BCUT2D eigenvalue weighted by Gasteiger charge is -2.14. The van der Waals surface area contributed by atoms with Gasteiger partial charge in [-0.15, -0.1) is 0 Å². The van der Waals surface area contributed by atoms with E-state index in [4.69, 9.17) is 0 Å². The molecule has 0 aliphatic heterocycles. The Morgan fingerprint density at radius 3 is 2.39 bits per heavy atom. The number of hydrogen-bond donors (Lipinski definition) is 3. The van der Waals surface area contributed by atoms with Crippen LogP contribution in [0.25, 0.3) is 0 Å². The lowest BCUT2D eigenvalue weighted by Crippen LogP contribution is -3.11. The second-order valence-corrected chi connectivity index (χ2v) is 7.95. The first-order valence-corrected chi connectivity index (χ1v) is 9.34. The fraction of sp³-hybridized carbons (Fsp3) is 0.467. The van der Waals surface area contributed by atoms with Gasteiger partial charge in [-0.25, -0.2) is 8.42 Å². The summed E-state index contributed by atoms with van der Waals surface area (Å²) in [6.45, 7) is 0.286. The van der Waals surface area contributed by atoms with Gasteiger partial charge in [-0.1, -0.05) is 12.1 Å². The minimum Gasteiger partial charge on any atom is -0.348 e. The van der Waals surface area contributed by atoms with Crippen molar-refractivity contribution < 1.29 is 22.9 Å². The monoisotopic (exact) mass is 340 g/mol. The highest BCUT2D eigenvalue weighted by molar-refractivity contribution is 7.90. The highest BCUT2D eigenvalue weighted by Gasteiger charge is 2.25. The van der Waals surface area contributed by atoms with E-state index in [2.05, 4.69) is 10.6 Å². The van der Waals surface area contributed by atoms with Crippen LogP contribution in [0.1, 0.15) is 12.8 Å². The number of sulfone groups is 1. The van der Waals surface area contributed by atoms with Crippen molar-refractivity contribution in [1.29, 1.82) is 0 Å². The number of quaternary nitrogens is 1. The molecule has 2 rings (SSSR count). The van der Waals surface area contributed by atoms with Gasteiger partial charge in [-0.3, -0.25) is 9.59 Å². The summed E-state index contributed by atoms with van der Waals surface area (Å²) < 4.78 is 23.4. The zero-order valence-corrected chi connectivity index (χ0v) is 14.1. The molecule has 23 heavy (non-hydrogen) atoms. The molecule has 1 fully saturated rings. The van der Waals surface area contributed by atoms with E-state index in [1.165, 1.54) is 6.07 Å². The Morgan fingerprint density at radius 1 is 1.17 bits per heavy atom. The highest BCUT2D eigenvalue weighted by atomic mass is 32.2. The Kier molecular flexibility index (Phi) is 5.38. The second kappa shape index (κ2) is 7.10. The quantitative estimate of drug-likeness (QED) is 0.582. The number of amides is 2. The van der Waals surface area contributed by atoms with Crippen LogP contribution in [0.15, 0.2) is 29.2 Å². The minimum atomic E-state index is -3.42. The van der Waals surface area contributed by atoms with Crippen LogP contribution in [0.2, 0.25) is 0 Å². The topological polar surface area (TPSA) is 96.8 Å². The molecule has 0 spiro atoms. The van der Waals surface area contributed by atoms with E-state index >= 15 is 0 Å². The first-order chi connectivity index (χ1) is 10.8. The van der Waals surface area contributed by atoms with Crippen molar-refractivity contribution in [1.82, 2.24) is 5.32 Å². The Morgan fingerprint density at radius 2 is 1.78 bits per heavy atom. The number of carbonyl (C=O) groups excluding carboxylic acids is 2. The molecule has 1 saturated carbocycles. The van der Waals surface area contributed by atoms with Gasteiger partial charge in [-0.05, 0) is 25.0 Å². The van der Waals surface area contributed by atoms with Crippen LogP contribution in [-0.2, 0) is 19.4 Å². The third-order valence-corrected chi connectivity index (χ3v) is 4.58. The molecule has 0 saturated heterocycles. The molecule has 0 bridgehead atoms. The zero-order valence-electron chi connectivity index (χ0n) is 13.3. The molecule has 1 aromatic rings. The van der Waals surface area contributed by atoms with E-state index in [1.807, 2.05) is 0 Å². The van der Waals surface area contributed by atoms with Gasteiger partial charge >= 0.3 is 0 Å². The zero-order chi connectivity index (χ0) is 17.0. The van der Waals surface area contributed by atoms with Gasteiger partial charge in [0, 0.05) is 12.3 Å². The van der Waals surface area contributed by atoms with Crippen molar-refractivity contribution in [2.75, 3.05) is 31.7 Å². The normalized spacial score (nSPS) is 15.7. The first-order valence-electron chi connectivity index (χ1n) is 7.45. The van der Waals surface area contributed by atoms with Crippen molar-refractivity contribution in [2.24, 2.45) is 0 Å². The van der Waals surface area contributed by atoms with Crippen LogP contribution in [0, 0.1) is 0 Å². The molecule has 8 heteroatoms. The third kappa shape index (κ3) is 5.65. The van der Waals surface area contributed by atoms with Gasteiger partial charge in [0.2, 0.25) is 0 Å². The Bertz CT molecular complexity index is 698. The molecule has 1 aromatic carbocycles. The van der Waals surface area contributed by atoms with Gasteiger partial charge in [0.1, 0.15) is 0 Å². The van der Waals surface area contributed by atoms with Crippen molar-refractivity contribution in [3.8, 4) is 0 Å². The molecule has 1 aliphatic rings. The summed E-state index contributed by atoms with van der Waals surface area (Å²) >= 11 is 0. The first kappa shape index (κ1) is 17.4. The molecule has 3 N–H and O–H groups in total. The van der Waals surface area contributed by atoms with Gasteiger partial charge in [0.05, 0.1) is 17.6 Å². The standard InChI is InChI=1S/C15H21N3O4S/c1-18(9-14(19)16-11-7-8-11)10-15(20)17-12-5-3-4-6-13(12)23(2,21)22/h3-6,11H,7-10H2,1-2H3,(H,16,19)(H,17,20)/p+1. The van der Waals surface area contributed by atoms with Gasteiger partial charge in [0.15, 0.2) is 22.9 Å². The van der Waals surface area contributed by atoms with Gasteiger partial charge in [0.25, 0.3) is 11.8 Å². The largest absolute Gasteiger partial charge is 0.348 e. The average Bonchev–Trinajstić information content (AvgIpc) is 3.21. The van der Waals surface area contributed by atoms with E-state index in [0.29, 0.717) is 6.04 Å². The Labute approximate surface area is 136 Å². The van der Waals surface area contributed by atoms with Crippen molar-refractivity contribution in [3.63, 3.8) is 0 Å². The maximum absolute atomic E-state index is 12.1. The van der Waals surface area contributed by atoms with E-state index < -0.39 is 9.84 Å². The molecule has 2 amide bonds. The van der Waals surface area contributed by atoms with Crippen molar-refractivity contribution in [2.45, 2.75) is 23.8 Å². The lowest BCUT2D eigenvalue weighted by atomic mass is 10.3. The summed E-state index contributed by atoms with van der Waals surface area (Å²) in [5, 5.41) is 5.47. The van der Waals surface area contributed by atoms with E-state index in [-0.39, 0.29) is 35.5 Å². The summed E-state index contributed by atoms with van der Waals surface area (Å²) in [6.07, 6.45) is 3.14. The molecule has 126 valence electrons. The fourth-order valence-corrected chi connectivity index (χ4v) is 3.05. The van der Waals surface area contributed by atoms with Crippen LogP contribution >= 0.6 is 0 Å². The summed E-state index contributed by atoms with van der Waals surface area (Å²) in [5.74, 6) is -0.410. The molecule has 1 atom stereocenters. The Balaban J connectivity index is 1.90. The molecule has 1 aliphatic carbocycles. The molecule has 0 aromatic heterocycles. The van der Waals surface area contributed by atoms with Gasteiger partial charge < -0.3 is 15.5 Å². The molecule has 7 nitrogen and oxygen atoms in total. The van der Waals surface area contributed by atoms with E-state index in [1.54, 1.807) is 25.2 Å². The summed E-state index contributed by atoms with van der Waals surface area (Å²) in [4.78, 5) is 24.6. The number of para-hydroxylation sites is 1. The number of hydrogen-bond acceptors (Lipinski definition) is 4. The maximum atomic E-state index is 12.1. The molecule has 0 heterocycles. The van der Waals surface area contributed by atoms with Crippen LogP contribution in [0.4, 0.5) is 5.69 Å². The van der Waals surface area contributed by atoms with Gasteiger partial charge in [-0.2, -0.15) is 0 Å². The molecule has 1 unspecified atom stereocenters. The van der Waals surface area contributed by atoms with E-state index in [0.717, 1.165) is 24.0 Å². The number of nitrogens with one attached hydrogen (secondary N) is 3. The summed E-state index contributed by atoms with van der Waals surface area (Å²) in [7, 11) is -1.67. The average molecular weight is 340 g/mol. The summed E-state index contributed by atoms with van der Waals surface area (Å²) in [6, 6.07) is 6.55. The van der Waals surface area contributed by atoms with Crippen molar-refractivity contribution >= 4 is 27.3 Å². The van der Waals surface area contributed by atoms with E-state index in [9.17, 15) is 18.0 Å². The number of likely N-dealkylation sites (N-methyl/N-ethyl adjacent to an activating group) is 1. The number of carbonyl (C=O) groups is 2. The minimum absolute atomic E-state index is 0.0747. The SMILES string of the molecule is C[NH+](CC(=O)Nc1ccccc1S(C)(=O)=O)CC(=O)NC1CC1. The second-order valence-electron chi connectivity index (χ2n) is 5.97. The summed E-state index contributed by atoms with van der Waals surface area (Å²) in [5.41, 5.74) is 0.259. The highest BCUT2D eigenvalue weighted by Crippen LogP contribution is 2.20. The number of rotatable bonds is 7. The van der Waals surface area contributed by atoms with Crippen LogP contribution in [0.3, 0.4) is 0 Å².